The first-order valence-corrected chi connectivity index (χ1v) is 22.0. The Hall–Kier alpha value is -4.17. The van der Waals surface area contributed by atoms with Gasteiger partial charge in [-0.2, -0.15) is 0 Å². The maximum atomic E-state index is 13.0. The highest BCUT2D eigenvalue weighted by Crippen LogP contribution is 2.94. The smallest absolute Gasteiger partial charge is 0.305 e. The van der Waals surface area contributed by atoms with Crippen molar-refractivity contribution in [3.05, 3.63) is 102 Å². The zero-order valence-corrected chi connectivity index (χ0v) is 30.8. The number of methoxy groups -OCH3 is 1. The summed E-state index contributed by atoms with van der Waals surface area (Å²) in [6.07, 6.45) is 18.6. The Morgan fingerprint density at radius 2 is 1.44 bits per heavy atom. The lowest BCUT2D eigenvalue weighted by Crippen LogP contribution is -2.42. The third-order valence-electron chi connectivity index (χ3n) is 20.4. The molecule has 2 saturated carbocycles. The van der Waals surface area contributed by atoms with Crippen LogP contribution in [-0.2, 0) is 25.8 Å². The standard InChI is InChI=1S/C52H40O2/c1-54-31(53)8-5-19-50(20-6-3-2-4-7-20)51-29-17-18-30-28-16-14-26-24-12-10-22-21-9-11-23-25-13-15-27(29)38-36(25)41-34(23)32(21)40-33(22)35(24)42-37(26)39(28)49(52(30,50)51)47-45(42)43(40)44(41)46(47)48(38)51/h2-4,6-7,9,11,21-24,29-30,32,34H,5,8,10,12-19H2,1H3. The molecule has 0 aromatic heterocycles. The number of rotatable bonds is 5. The van der Waals surface area contributed by atoms with Gasteiger partial charge in [0.25, 0.3) is 0 Å². The lowest BCUT2D eigenvalue weighted by Gasteiger charge is -2.43. The van der Waals surface area contributed by atoms with Crippen LogP contribution in [0, 0.1) is 23.7 Å². The van der Waals surface area contributed by atoms with Crippen LogP contribution in [-0.4, -0.2) is 13.1 Å². The molecule has 11 unspecified atom stereocenters. The van der Waals surface area contributed by atoms with Gasteiger partial charge in [0.2, 0.25) is 0 Å². The second-order valence-corrected chi connectivity index (χ2v) is 20.5. The average molecular weight is 697 g/mol. The minimum atomic E-state index is -0.0411. The van der Waals surface area contributed by atoms with E-state index in [2.05, 4.69) is 42.5 Å². The molecule has 260 valence electrons. The molecule has 4 aromatic rings. The maximum absolute atomic E-state index is 13.0. The molecule has 54 heavy (non-hydrogen) atoms. The molecular formula is C52H40O2. The molecule has 0 aliphatic heterocycles. The van der Waals surface area contributed by atoms with E-state index in [4.69, 9.17) is 4.74 Å². The van der Waals surface area contributed by atoms with Crippen LogP contribution in [0.2, 0.25) is 0 Å². The summed E-state index contributed by atoms with van der Waals surface area (Å²) in [6, 6.07) is 12.0. The van der Waals surface area contributed by atoms with E-state index < -0.39 is 0 Å². The summed E-state index contributed by atoms with van der Waals surface area (Å²) >= 11 is 0. The van der Waals surface area contributed by atoms with Crippen molar-refractivity contribution in [3.63, 3.8) is 0 Å². The fourth-order valence-corrected chi connectivity index (χ4v) is 20.3. The highest BCUT2D eigenvalue weighted by atomic mass is 16.5. The van der Waals surface area contributed by atoms with Crippen molar-refractivity contribution < 1.29 is 9.53 Å². The molecule has 4 aromatic carbocycles. The molecule has 0 bridgehead atoms. The summed E-state index contributed by atoms with van der Waals surface area (Å²) in [7, 11) is 1.58. The minimum Gasteiger partial charge on any atom is -0.469 e. The monoisotopic (exact) mass is 696 g/mol. The molecule has 11 atom stereocenters. The average Bonchev–Trinajstić information content (AvgIpc) is 3.86. The van der Waals surface area contributed by atoms with E-state index in [1.807, 2.05) is 66.1 Å². The summed E-state index contributed by atoms with van der Waals surface area (Å²) in [4.78, 5) is 13.0. The summed E-state index contributed by atoms with van der Waals surface area (Å²) in [5, 5.41) is 10.8. The van der Waals surface area contributed by atoms with Crippen LogP contribution in [0.4, 0.5) is 0 Å². The van der Waals surface area contributed by atoms with Gasteiger partial charge in [-0.1, -0.05) is 64.8 Å². The molecule has 0 saturated heterocycles. The number of esters is 1. The zero-order valence-electron chi connectivity index (χ0n) is 30.8. The van der Waals surface area contributed by atoms with E-state index >= 15 is 0 Å². The van der Waals surface area contributed by atoms with Gasteiger partial charge in [0, 0.05) is 40.4 Å². The predicted octanol–water partition coefficient (Wildman–Crippen LogP) is 7.50. The fourth-order valence-electron chi connectivity index (χ4n) is 20.3. The molecule has 0 N–H and O–H groups in total. The Labute approximate surface area is 313 Å². The molecule has 0 radical (unpaired) electrons. The van der Waals surface area contributed by atoms with Crippen molar-refractivity contribution in [2.75, 3.05) is 7.11 Å². The van der Waals surface area contributed by atoms with Crippen molar-refractivity contribution in [3.8, 4) is 22.3 Å². The quantitative estimate of drug-likeness (QED) is 0.141. The van der Waals surface area contributed by atoms with Crippen LogP contribution >= 0.6 is 0 Å². The number of benzene rings is 4. The molecule has 14 aliphatic rings. The van der Waals surface area contributed by atoms with Crippen LogP contribution in [0.1, 0.15) is 133 Å². The largest absolute Gasteiger partial charge is 0.469 e. The first-order valence-electron chi connectivity index (χ1n) is 22.0. The van der Waals surface area contributed by atoms with Crippen LogP contribution in [0.3, 0.4) is 0 Å². The molecule has 18 rings (SSSR count). The van der Waals surface area contributed by atoms with E-state index in [-0.39, 0.29) is 22.2 Å². The molecule has 0 heterocycles. The molecular weight excluding hydrogens is 657 g/mol. The van der Waals surface area contributed by atoms with Crippen molar-refractivity contribution in [2.24, 2.45) is 23.7 Å². The van der Waals surface area contributed by atoms with Crippen LogP contribution in [0.15, 0.2) is 42.5 Å². The Kier molecular flexibility index (Phi) is 3.65. The number of carbonyl (C=O) groups excluding carboxylic acids is 1. The predicted molar refractivity (Wildman–Crippen MR) is 209 cm³/mol. The number of hydrogen-bond acceptors (Lipinski definition) is 2. The topological polar surface area (TPSA) is 26.3 Å². The summed E-state index contributed by atoms with van der Waals surface area (Å²) in [6.45, 7) is 0. The molecule has 14 aliphatic carbocycles. The number of ether oxygens (including phenoxy) is 1. The molecule has 2 nitrogen and oxygen atoms in total. The van der Waals surface area contributed by atoms with E-state index in [0.717, 1.165) is 18.8 Å². The third-order valence-corrected chi connectivity index (χ3v) is 20.4. The van der Waals surface area contributed by atoms with Crippen LogP contribution in [0.5, 0.6) is 0 Å². The molecule has 2 spiro atoms. The van der Waals surface area contributed by atoms with Gasteiger partial charge in [0.05, 0.1) is 7.11 Å². The van der Waals surface area contributed by atoms with Crippen LogP contribution in [0.25, 0.3) is 55.3 Å². The lowest BCUT2D eigenvalue weighted by molar-refractivity contribution is -0.140. The van der Waals surface area contributed by atoms with Gasteiger partial charge >= 0.3 is 5.97 Å². The Morgan fingerprint density at radius 3 is 2.26 bits per heavy atom. The van der Waals surface area contributed by atoms with E-state index in [9.17, 15) is 4.79 Å². The van der Waals surface area contributed by atoms with Gasteiger partial charge in [-0.05, 0) is 187 Å². The van der Waals surface area contributed by atoms with E-state index in [1.165, 1.54) is 51.4 Å². The normalized spacial score (nSPS) is 41.1. The fraction of sp³-hybridized carbons (Fsp3) is 0.442. The Balaban J connectivity index is 1.14. The van der Waals surface area contributed by atoms with Gasteiger partial charge in [-0.25, -0.2) is 0 Å². The van der Waals surface area contributed by atoms with E-state index in [0.29, 0.717) is 47.8 Å². The molecule has 2 fully saturated rings. The number of fused-ring (bicyclic) bond motifs is 5. The van der Waals surface area contributed by atoms with Gasteiger partial charge in [0.1, 0.15) is 0 Å². The summed E-state index contributed by atoms with van der Waals surface area (Å²) < 4.78 is 5.35. The Bertz CT molecular complexity index is 3160. The van der Waals surface area contributed by atoms with Gasteiger partial charge in [0.15, 0.2) is 0 Å². The second-order valence-electron chi connectivity index (χ2n) is 20.5. The SMILES string of the molecule is COC(=O)CCCC1(c2ccccc2)C23c4c5c6c7c8c4=C4CCC=8C8C=CC9C%10CCC%11C%12=c%13c%14c(c-5c5c-6c(c%10c%11c%135)C9C78)C12C(CCC43)C=%14CC%12. The zero-order chi connectivity index (χ0) is 34.3. The lowest BCUT2D eigenvalue weighted by atomic mass is 9.59. The maximum Gasteiger partial charge on any atom is 0.305 e. The van der Waals surface area contributed by atoms with Gasteiger partial charge in [-0.3, -0.25) is 4.79 Å². The summed E-state index contributed by atoms with van der Waals surface area (Å²) in [5.74, 6) is 5.17. The number of carbonyl (C=O) groups is 1. The van der Waals surface area contributed by atoms with Crippen molar-refractivity contribution in [1.29, 1.82) is 0 Å². The highest BCUT2D eigenvalue weighted by molar-refractivity contribution is 6.25. The number of hydrogen-bond donors (Lipinski definition) is 0. The van der Waals surface area contributed by atoms with Gasteiger partial charge < -0.3 is 4.74 Å². The first-order chi connectivity index (χ1) is 26.7. The van der Waals surface area contributed by atoms with Crippen LogP contribution < -0.4 is 20.9 Å². The van der Waals surface area contributed by atoms with Gasteiger partial charge in [-0.15, -0.1) is 0 Å². The van der Waals surface area contributed by atoms with E-state index in [1.54, 1.807) is 56.1 Å². The third kappa shape index (κ3) is 1.93. The first kappa shape index (κ1) is 26.6. The Morgan fingerprint density at radius 1 is 0.685 bits per heavy atom. The molecule has 0 amide bonds. The molecule has 2 heteroatoms. The van der Waals surface area contributed by atoms with Crippen molar-refractivity contribution in [2.45, 2.75) is 111 Å². The minimum absolute atomic E-state index is 0.0217. The highest BCUT2D eigenvalue weighted by Gasteiger charge is 2.96. The van der Waals surface area contributed by atoms with Crippen molar-refractivity contribution in [1.82, 2.24) is 0 Å². The number of allylic oxidation sites excluding steroid dienone is 2. The summed E-state index contributed by atoms with van der Waals surface area (Å²) in [5.41, 5.74) is 27.5. The van der Waals surface area contributed by atoms with Crippen molar-refractivity contribution >= 4 is 39.0 Å². The second kappa shape index (κ2) is 7.40.